The molecular weight excluding hydrogens is 292 g/mol. The molecule has 2 saturated carbocycles. The van der Waals surface area contributed by atoms with E-state index in [1.54, 1.807) is 6.92 Å². The van der Waals surface area contributed by atoms with Gasteiger partial charge in [0.25, 0.3) is 0 Å². The molecule has 2 rings (SSSR count). The van der Waals surface area contributed by atoms with Crippen LogP contribution in [0.3, 0.4) is 0 Å². The standard InChI is InChI=1S/C23H42O/c1-8-9-18-20(22(5,6)14-12-17(4)24)13-15-23(7)19(16(2)3)10-11-21(18)23/h16,18-21H,8-15H2,1-7H3. The fourth-order valence-corrected chi connectivity index (χ4v) is 6.81. The van der Waals surface area contributed by atoms with E-state index in [2.05, 4.69) is 41.5 Å². The summed E-state index contributed by atoms with van der Waals surface area (Å²) in [5, 5.41) is 0. The van der Waals surface area contributed by atoms with Crippen LogP contribution in [0, 0.1) is 40.4 Å². The molecule has 0 spiro atoms. The van der Waals surface area contributed by atoms with E-state index in [9.17, 15) is 4.79 Å². The molecule has 5 atom stereocenters. The van der Waals surface area contributed by atoms with Crippen molar-refractivity contribution in [3.05, 3.63) is 0 Å². The first-order valence-electron chi connectivity index (χ1n) is 10.6. The Morgan fingerprint density at radius 1 is 1.21 bits per heavy atom. The molecular formula is C23H42O. The van der Waals surface area contributed by atoms with Gasteiger partial charge in [-0.25, -0.2) is 0 Å². The summed E-state index contributed by atoms with van der Waals surface area (Å²) >= 11 is 0. The summed E-state index contributed by atoms with van der Waals surface area (Å²) < 4.78 is 0. The maximum Gasteiger partial charge on any atom is 0.129 e. The Balaban J connectivity index is 2.23. The van der Waals surface area contributed by atoms with Crippen LogP contribution in [-0.4, -0.2) is 5.78 Å². The van der Waals surface area contributed by atoms with Gasteiger partial charge in [0.15, 0.2) is 0 Å². The Morgan fingerprint density at radius 2 is 1.88 bits per heavy atom. The number of fused-ring (bicyclic) bond motifs is 1. The molecule has 1 nitrogen and oxygen atoms in total. The van der Waals surface area contributed by atoms with Crippen molar-refractivity contribution in [2.45, 2.75) is 99.8 Å². The first-order chi connectivity index (χ1) is 11.1. The topological polar surface area (TPSA) is 17.1 Å². The van der Waals surface area contributed by atoms with E-state index in [1.165, 1.54) is 38.5 Å². The number of hydrogen-bond donors (Lipinski definition) is 0. The van der Waals surface area contributed by atoms with Crippen molar-refractivity contribution in [3.63, 3.8) is 0 Å². The maximum absolute atomic E-state index is 11.5. The first kappa shape index (κ1) is 20.0. The number of carbonyl (C=O) groups excluding carboxylic acids is 1. The van der Waals surface area contributed by atoms with E-state index < -0.39 is 0 Å². The van der Waals surface area contributed by atoms with Gasteiger partial charge in [-0.1, -0.05) is 54.4 Å². The Morgan fingerprint density at radius 3 is 2.42 bits per heavy atom. The fraction of sp³-hybridized carbons (Fsp3) is 0.957. The maximum atomic E-state index is 11.5. The predicted molar refractivity (Wildman–Crippen MR) is 104 cm³/mol. The van der Waals surface area contributed by atoms with Crippen LogP contribution in [0.25, 0.3) is 0 Å². The smallest absolute Gasteiger partial charge is 0.129 e. The van der Waals surface area contributed by atoms with Crippen LogP contribution in [0.5, 0.6) is 0 Å². The average molecular weight is 335 g/mol. The molecule has 5 unspecified atom stereocenters. The molecule has 2 fully saturated rings. The van der Waals surface area contributed by atoms with Crippen molar-refractivity contribution >= 4 is 5.78 Å². The molecule has 0 amide bonds. The summed E-state index contributed by atoms with van der Waals surface area (Å²) in [5.41, 5.74) is 0.879. The molecule has 0 N–H and O–H groups in total. The van der Waals surface area contributed by atoms with Crippen molar-refractivity contribution < 1.29 is 4.79 Å². The van der Waals surface area contributed by atoms with Gasteiger partial charge in [-0.3, -0.25) is 0 Å². The van der Waals surface area contributed by atoms with Crippen LogP contribution >= 0.6 is 0 Å². The molecule has 140 valence electrons. The predicted octanol–water partition coefficient (Wildman–Crippen LogP) is 6.90. The van der Waals surface area contributed by atoms with Crippen molar-refractivity contribution in [3.8, 4) is 0 Å². The monoisotopic (exact) mass is 334 g/mol. The second kappa shape index (κ2) is 7.50. The average Bonchev–Trinajstić information content (AvgIpc) is 2.83. The molecule has 2 aliphatic rings. The van der Waals surface area contributed by atoms with Gasteiger partial charge in [-0.2, -0.15) is 0 Å². The Labute approximate surface area is 151 Å². The van der Waals surface area contributed by atoms with Crippen LogP contribution < -0.4 is 0 Å². The van der Waals surface area contributed by atoms with Crippen molar-refractivity contribution in [1.82, 2.24) is 0 Å². The van der Waals surface area contributed by atoms with E-state index in [0.717, 1.165) is 42.4 Å². The summed E-state index contributed by atoms with van der Waals surface area (Å²) in [7, 11) is 0. The quantitative estimate of drug-likeness (QED) is 0.495. The molecule has 2 aliphatic carbocycles. The lowest BCUT2D eigenvalue weighted by Crippen LogP contribution is -2.46. The highest BCUT2D eigenvalue weighted by atomic mass is 16.1. The zero-order chi connectivity index (χ0) is 18.1. The summed E-state index contributed by atoms with van der Waals surface area (Å²) in [5.74, 6) is 4.70. The van der Waals surface area contributed by atoms with Crippen LogP contribution in [0.1, 0.15) is 99.8 Å². The zero-order valence-corrected chi connectivity index (χ0v) is 17.5. The fourth-order valence-electron chi connectivity index (χ4n) is 6.81. The Hall–Kier alpha value is -0.330. The summed E-state index contributed by atoms with van der Waals surface area (Å²) in [6.07, 6.45) is 10.2. The highest BCUT2D eigenvalue weighted by Gasteiger charge is 2.55. The van der Waals surface area contributed by atoms with Crippen molar-refractivity contribution in [2.24, 2.45) is 40.4 Å². The summed E-state index contributed by atoms with van der Waals surface area (Å²) in [6, 6.07) is 0. The third-order valence-electron chi connectivity index (χ3n) is 8.06. The number of carbonyl (C=O) groups is 1. The van der Waals surface area contributed by atoms with Crippen LogP contribution in [-0.2, 0) is 4.79 Å². The minimum Gasteiger partial charge on any atom is -0.300 e. The molecule has 0 aromatic rings. The first-order valence-corrected chi connectivity index (χ1v) is 10.6. The van der Waals surface area contributed by atoms with E-state index in [4.69, 9.17) is 0 Å². The van der Waals surface area contributed by atoms with Gasteiger partial charge < -0.3 is 4.79 Å². The largest absolute Gasteiger partial charge is 0.300 e. The number of ketones is 1. The third-order valence-corrected chi connectivity index (χ3v) is 8.06. The number of Topliss-reactive ketones (excluding diaryl/α,β-unsaturated/α-hetero) is 1. The molecule has 0 aromatic heterocycles. The second-order valence-electron chi connectivity index (χ2n) is 10.3. The van der Waals surface area contributed by atoms with Gasteiger partial charge in [0, 0.05) is 6.42 Å². The Bertz CT molecular complexity index is 435. The van der Waals surface area contributed by atoms with Crippen molar-refractivity contribution in [1.29, 1.82) is 0 Å². The molecule has 24 heavy (non-hydrogen) atoms. The molecule has 0 aromatic carbocycles. The lowest BCUT2D eigenvalue weighted by atomic mass is 9.51. The van der Waals surface area contributed by atoms with E-state index in [-0.39, 0.29) is 0 Å². The summed E-state index contributed by atoms with van der Waals surface area (Å²) in [4.78, 5) is 11.5. The van der Waals surface area contributed by atoms with Crippen LogP contribution in [0.15, 0.2) is 0 Å². The van der Waals surface area contributed by atoms with Gasteiger partial charge in [0.05, 0.1) is 0 Å². The van der Waals surface area contributed by atoms with E-state index in [1.807, 2.05) is 0 Å². The minimum absolute atomic E-state index is 0.308. The third kappa shape index (κ3) is 3.75. The van der Waals surface area contributed by atoms with E-state index >= 15 is 0 Å². The van der Waals surface area contributed by atoms with Crippen LogP contribution in [0.2, 0.25) is 0 Å². The van der Waals surface area contributed by atoms with Gasteiger partial charge in [-0.15, -0.1) is 0 Å². The van der Waals surface area contributed by atoms with Gasteiger partial charge in [0.2, 0.25) is 0 Å². The number of hydrogen-bond acceptors (Lipinski definition) is 1. The highest BCUT2D eigenvalue weighted by Crippen LogP contribution is 2.64. The molecule has 0 bridgehead atoms. The van der Waals surface area contributed by atoms with Crippen LogP contribution in [0.4, 0.5) is 0 Å². The second-order valence-corrected chi connectivity index (χ2v) is 10.3. The minimum atomic E-state index is 0.308. The molecule has 1 heteroatoms. The SMILES string of the molecule is CCCC1C(C(C)(C)CCC(C)=O)CCC2(C)C(C(C)C)CCC12. The van der Waals surface area contributed by atoms with Gasteiger partial charge in [-0.05, 0) is 79.4 Å². The van der Waals surface area contributed by atoms with E-state index in [0.29, 0.717) is 16.6 Å². The number of rotatable bonds is 7. The molecule has 0 saturated heterocycles. The molecule has 0 radical (unpaired) electrons. The lowest BCUT2D eigenvalue weighted by Gasteiger charge is -2.54. The lowest BCUT2D eigenvalue weighted by molar-refractivity contribution is -0.118. The summed E-state index contributed by atoms with van der Waals surface area (Å²) in [6.45, 7) is 16.5. The molecule has 0 aliphatic heterocycles. The molecule has 0 heterocycles. The normalized spacial score (nSPS) is 36.8. The zero-order valence-electron chi connectivity index (χ0n) is 17.5. The van der Waals surface area contributed by atoms with Gasteiger partial charge >= 0.3 is 0 Å². The van der Waals surface area contributed by atoms with Crippen molar-refractivity contribution in [2.75, 3.05) is 0 Å². The highest BCUT2D eigenvalue weighted by molar-refractivity contribution is 5.75. The Kier molecular flexibility index (Phi) is 6.25. The van der Waals surface area contributed by atoms with Gasteiger partial charge in [0.1, 0.15) is 5.78 Å².